The molecule has 718 valence electrons. The fraction of sp³-hybridized carbons (Fsp3) is 0.324. The minimum absolute atomic E-state index is 0. The first kappa shape index (κ1) is 159. The summed E-state index contributed by atoms with van der Waals surface area (Å²) in [7, 11) is -13.4. The van der Waals surface area contributed by atoms with Gasteiger partial charge in [0, 0.05) is 396 Å². The van der Waals surface area contributed by atoms with Gasteiger partial charge in [0.15, 0.2) is 14.2 Å². The molecular formula is C71H91Ar10Br4F9O17P8S5. The van der Waals surface area contributed by atoms with E-state index in [2.05, 4.69) is 198 Å². The topological polar surface area (TPSA) is 243 Å². The Morgan fingerprint density at radius 3 is 1.02 bits per heavy atom. The SMILES string of the molecule is Brc1ccccc1.C.CCOP(OCC)c1ccccc1P.C[C@H](CC[C@@H](C)OS(C)(=O)=O)OS(C)(=O)=O.C[C@H]1CC[C@H](C)P1c1ccccc1P.Cc1ccccc1.O=Pc1ccccc1Br.O=S(=O)(OS(=O)(=O)C(F)(F)F)C(F)(F)F.O=S(=O)(Oc1ccccc1Br)C(F)(F)F.Pc1ccccc1Br.Pc1ccccc1P.[Ar].[Ar].[Ar].[Ar].[Ar].[Ar].[Ar].[Ar].[Ar].[Ar]. The zero-order valence-electron chi connectivity index (χ0n) is 65.3. The second kappa shape index (κ2) is 85.2. The van der Waals surface area contributed by atoms with Crippen LogP contribution < -0.4 is 46.6 Å². The number of aryl methyl sites for hydroxylation is 1. The third kappa shape index (κ3) is 74.9. The van der Waals surface area contributed by atoms with Crippen LogP contribution in [-0.2, 0) is 76.2 Å². The maximum Gasteiger partial charge on any atom is 0.534 e. The van der Waals surface area contributed by atoms with Crippen molar-refractivity contribution in [1.82, 2.24) is 0 Å². The van der Waals surface area contributed by atoms with Gasteiger partial charge in [-0.2, -0.15) is 81.6 Å². The number of alkyl halides is 9. The van der Waals surface area contributed by atoms with Crippen molar-refractivity contribution in [2.75, 3.05) is 25.7 Å². The van der Waals surface area contributed by atoms with E-state index in [1.807, 2.05) is 139 Å². The molecule has 1 saturated heterocycles. The first-order valence-electron chi connectivity index (χ1n) is 32.5. The van der Waals surface area contributed by atoms with Crippen molar-refractivity contribution in [3.63, 3.8) is 0 Å². The van der Waals surface area contributed by atoms with E-state index in [-0.39, 0.29) is 406 Å². The molecule has 0 saturated carbocycles. The van der Waals surface area contributed by atoms with Crippen LogP contribution in [0, 0.1) is 384 Å². The molecule has 8 aromatic carbocycles. The maximum atomic E-state index is 11.9. The molecule has 8 aromatic rings. The maximum absolute atomic E-state index is 11.9. The number of halogens is 13. The van der Waals surface area contributed by atoms with E-state index >= 15 is 0 Å². The quantitative estimate of drug-likeness (QED) is 0.0335. The van der Waals surface area contributed by atoms with E-state index in [1.54, 1.807) is 25.2 Å². The van der Waals surface area contributed by atoms with Gasteiger partial charge in [0.25, 0.3) is 20.2 Å². The molecule has 1 aliphatic rings. The van der Waals surface area contributed by atoms with Crippen LogP contribution in [0.5, 0.6) is 5.75 Å². The van der Waals surface area contributed by atoms with E-state index in [0.29, 0.717) is 26.1 Å². The number of hydrogen-bond donors (Lipinski definition) is 0. The van der Waals surface area contributed by atoms with Crippen molar-refractivity contribution >= 4 is 228 Å². The summed E-state index contributed by atoms with van der Waals surface area (Å²) in [6.07, 6.45) is 4.63. The van der Waals surface area contributed by atoms with Gasteiger partial charge in [-0.05, 0) is 184 Å². The van der Waals surface area contributed by atoms with Crippen molar-refractivity contribution in [2.24, 2.45) is 0 Å². The zero-order chi connectivity index (χ0) is 86.8. The average molecular weight is 2510 g/mol. The predicted octanol–water partition coefficient (Wildman–Crippen LogP) is 19.0. The molecule has 5 unspecified atom stereocenters. The molecule has 1 aliphatic heterocycles. The Balaban J connectivity index is -0.000000112. The summed E-state index contributed by atoms with van der Waals surface area (Å²) in [6, 6.07) is 66.2. The van der Waals surface area contributed by atoms with Crippen LogP contribution in [0.1, 0.15) is 80.2 Å². The molecule has 0 aromatic heterocycles. The van der Waals surface area contributed by atoms with Gasteiger partial charge in [-0.1, -0.05) is 224 Å². The molecule has 1 heterocycles. The molecule has 124 heavy (non-hydrogen) atoms. The molecule has 0 aliphatic carbocycles. The molecule has 0 radical (unpaired) electrons. The van der Waals surface area contributed by atoms with Gasteiger partial charge in [0.05, 0.1) is 47.7 Å². The van der Waals surface area contributed by atoms with Gasteiger partial charge in [0.2, 0.25) is 8.38 Å². The van der Waals surface area contributed by atoms with Crippen LogP contribution in [0.25, 0.3) is 0 Å². The third-order valence-electron chi connectivity index (χ3n) is 13.0. The largest absolute Gasteiger partial charge is 0.534 e. The van der Waals surface area contributed by atoms with Crippen LogP contribution in [-0.4, -0.2) is 108 Å². The van der Waals surface area contributed by atoms with Gasteiger partial charge in [0.1, 0.15) is 0 Å². The van der Waals surface area contributed by atoms with E-state index < -0.39 is 93.4 Å². The van der Waals surface area contributed by atoms with Crippen LogP contribution in [0.15, 0.2) is 224 Å². The normalized spacial score (nSPS) is 12.9. The predicted molar refractivity (Wildman–Crippen MR) is 479 cm³/mol. The van der Waals surface area contributed by atoms with Gasteiger partial charge < -0.3 is 13.2 Å². The Labute approximate surface area is 1080 Å². The Hall–Kier alpha value is 10.1. The fourth-order valence-corrected chi connectivity index (χ4v) is 19.7. The summed E-state index contributed by atoms with van der Waals surface area (Å²) in [5.41, 5.74) is -14.8. The van der Waals surface area contributed by atoms with Gasteiger partial charge in [-0.25, -0.2) is 0 Å². The Kier molecular flexibility index (Phi) is 110. The fourth-order valence-electron chi connectivity index (χ4n) is 7.95. The Morgan fingerprint density at radius 2 is 0.750 bits per heavy atom. The van der Waals surface area contributed by atoms with Gasteiger partial charge in [-0.3, -0.25) is 12.9 Å². The number of hydrogen-bond acceptors (Lipinski definition) is 17. The first-order valence-corrected chi connectivity index (χ1v) is 49.8. The van der Waals surface area contributed by atoms with Crippen molar-refractivity contribution in [3.8, 4) is 5.75 Å². The van der Waals surface area contributed by atoms with Crippen molar-refractivity contribution < 1.29 is 489 Å². The molecule has 0 amide bonds. The molecule has 1 fully saturated rings. The monoisotopic (exact) mass is 2510 g/mol. The molecular weight excluding hydrogens is 2420 g/mol. The summed E-state index contributed by atoms with van der Waals surface area (Å²) < 4.78 is 248. The van der Waals surface area contributed by atoms with Crippen LogP contribution in [0.4, 0.5) is 39.5 Å². The van der Waals surface area contributed by atoms with E-state index in [9.17, 15) is 86.2 Å². The molecule has 0 bridgehead atoms. The number of benzene rings is 8. The summed E-state index contributed by atoms with van der Waals surface area (Å²) in [5, 5.41) is 9.82. The number of rotatable bonds is 18. The molecule has 0 spiro atoms. The van der Waals surface area contributed by atoms with Crippen LogP contribution >= 0.6 is 135 Å². The summed E-state index contributed by atoms with van der Waals surface area (Å²) in [6.45, 7) is 15.5. The molecule has 0 N–H and O–H groups in total. The second-order valence-electron chi connectivity index (χ2n) is 22.6. The first-order chi connectivity index (χ1) is 52.2. The standard InChI is InChI=1S/C12H18P2.C10H16O2P2.C8H18O6S2.C7H4BrF3O3S.C7H8.C6H4BrOP.C6H6BrP.C6H5Br.C6H8P2.C2F6O5S2.CH4.10Ar/c1-9-7-8-10(2)14(9)12-6-4-3-5-11(12)13;1-3-11-14(12-4-2)10-8-6-5-7-9(10)13;1-7(13-15(3,9)10)5-6-8(2)14-16(4,11)12;8-5-3-1-2-4-6(5)14-15(12,13)7(9,10)11;1-7-5-3-2-4-6-7;7-5-3-1-2-4-6(5)9-8;7-5-3-1-2-4-6(5)8;7-6-4-2-1-3-5-6;7-5-3-1-2-4-6(5)8;3-1(4,5)14(9,10)13-15(11,12)2(6,7)8;;;;;;;;;;;/h3-6,9-10H,7-8,13H2,1-2H3;5-8H,3-4,13H2,1-2H3;7-8H,5-6H2,1-4H3;1-4H;2-6H,1H3;1-4H;1-4H,8H2;1-5H;1-4H,7-8H2;;1H4;;;;;;;;;;/t9-,10-;;7-,8-;;;;;;;;;;;;;;;;;;/m0.1................../s1. The number of para-hydroxylation sites is 1. The Morgan fingerprint density at radius 1 is 0.435 bits per heavy atom. The van der Waals surface area contributed by atoms with E-state index in [0.717, 1.165) is 59.2 Å². The zero-order valence-corrected chi connectivity index (χ0v) is 91.3. The van der Waals surface area contributed by atoms with Gasteiger partial charge >= 0.3 is 46.9 Å². The van der Waals surface area contributed by atoms with Crippen LogP contribution in [0.3, 0.4) is 0 Å². The second-order valence-corrected chi connectivity index (χ2v) is 42.5. The molecule has 9 atom stereocenters. The minimum atomic E-state index is -6.85. The molecule has 53 heteroatoms. The minimum Gasteiger partial charge on any atom is -0.375 e. The van der Waals surface area contributed by atoms with Crippen molar-refractivity contribution in [1.29, 1.82) is 0 Å². The summed E-state index contributed by atoms with van der Waals surface area (Å²) >= 11 is 12.8. The third-order valence-corrected chi connectivity index (χ3v) is 30.4. The molecule has 17 nitrogen and oxygen atoms in total. The van der Waals surface area contributed by atoms with Crippen molar-refractivity contribution in [3.05, 3.63) is 230 Å². The summed E-state index contributed by atoms with van der Waals surface area (Å²) in [5.74, 6) is -0.408. The van der Waals surface area contributed by atoms with Gasteiger partial charge in [-0.15, -0.1) is 49.8 Å². The summed E-state index contributed by atoms with van der Waals surface area (Å²) in [4.78, 5) is 0. The average Bonchev–Trinajstić information content (AvgIpc) is 1.11. The molecule has 9 rings (SSSR count). The Bertz CT molecular complexity index is 4540. The smallest absolute Gasteiger partial charge is 0.375 e. The van der Waals surface area contributed by atoms with E-state index in [4.69, 9.17) is 9.05 Å². The van der Waals surface area contributed by atoms with Crippen LogP contribution in [0.2, 0.25) is 0 Å². The van der Waals surface area contributed by atoms with Crippen molar-refractivity contribution in [2.45, 2.75) is 122 Å². The van der Waals surface area contributed by atoms with E-state index in [1.165, 1.54) is 57.8 Å².